The summed E-state index contributed by atoms with van der Waals surface area (Å²) in [5.74, 6) is -2.44. The molecule has 0 radical (unpaired) electrons. The molecule has 108 valence electrons. The molecule has 2 N–H and O–H groups in total. The van der Waals surface area contributed by atoms with Crippen LogP contribution in [-0.2, 0) is 10.0 Å². The maximum absolute atomic E-state index is 13.5. The monoisotopic (exact) mass is 303 g/mol. The molecule has 0 bridgehead atoms. The Bertz CT molecular complexity index is 665. The van der Waals surface area contributed by atoms with Gasteiger partial charge >= 0.3 is 5.97 Å². The highest BCUT2D eigenvalue weighted by Crippen LogP contribution is 2.20. The van der Waals surface area contributed by atoms with Gasteiger partial charge in [0.25, 0.3) is 0 Å². The van der Waals surface area contributed by atoms with E-state index in [1.807, 2.05) is 4.72 Å². The van der Waals surface area contributed by atoms with Gasteiger partial charge in [-0.05, 0) is 18.6 Å². The van der Waals surface area contributed by atoms with E-state index in [1.54, 1.807) is 0 Å². The molecule has 0 spiro atoms. The van der Waals surface area contributed by atoms with Crippen molar-refractivity contribution in [1.82, 2.24) is 4.72 Å². The van der Waals surface area contributed by atoms with E-state index in [1.165, 1.54) is 0 Å². The molecule has 0 aromatic heterocycles. The van der Waals surface area contributed by atoms with Crippen LogP contribution in [0.1, 0.15) is 23.2 Å². The van der Waals surface area contributed by atoms with Crippen LogP contribution in [-0.4, -0.2) is 26.0 Å². The number of aromatic carboxylic acids is 1. The largest absolute Gasteiger partial charge is 0.478 e. The Morgan fingerprint density at radius 2 is 2.05 bits per heavy atom. The first kappa shape index (κ1) is 16.1. The van der Waals surface area contributed by atoms with Crippen molar-refractivity contribution in [2.45, 2.75) is 17.7 Å². The number of benzene rings is 1. The lowest BCUT2D eigenvalue weighted by Gasteiger charge is -2.08. The molecule has 0 aliphatic heterocycles. The van der Waals surface area contributed by atoms with Crippen LogP contribution in [0.4, 0.5) is 8.78 Å². The molecule has 0 aliphatic carbocycles. The van der Waals surface area contributed by atoms with Gasteiger partial charge in [-0.2, -0.15) is 0 Å². The third-order valence-corrected chi connectivity index (χ3v) is 3.78. The number of unbranched alkanes of at least 4 members (excludes halogenated alkanes) is 1. The van der Waals surface area contributed by atoms with Crippen molar-refractivity contribution in [3.8, 4) is 12.3 Å². The van der Waals surface area contributed by atoms with Crippen LogP contribution in [0.5, 0.6) is 0 Å². The van der Waals surface area contributed by atoms with Crippen molar-refractivity contribution in [3.63, 3.8) is 0 Å². The highest BCUT2D eigenvalue weighted by Gasteiger charge is 2.24. The highest BCUT2D eigenvalue weighted by molar-refractivity contribution is 7.89. The first-order valence-corrected chi connectivity index (χ1v) is 6.93. The third-order valence-electron chi connectivity index (χ3n) is 2.32. The molecule has 0 aliphatic rings. The number of hydrogen-bond acceptors (Lipinski definition) is 3. The molecule has 1 aromatic carbocycles. The first-order chi connectivity index (χ1) is 9.29. The Hall–Kier alpha value is -1.98. The summed E-state index contributed by atoms with van der Waals surface area (Å²) in [5.41, 5.74) is -0.659. The minimum Gasteiger partial charge on any atom is -0.478 e. The average molecular weight is 303 g/mol. The number of hydrogen-bond donors (Lipinski definition) is 2. The summed E-state index contributed by atoms with van der Waals surface area (Å²) in [4.78, 5) is 9.67. The number of halogens is 2. The Balaban J connectivity index is 3.11. The standard InChI is InChI=1S/C12H11F2NO4S/c1-2-3-4-5-15-20(18,19)10-7-8(12(16)17)6-9(13)11(10)14/h1,6-7,15H,3-5H2,(H,16,17). The van der Waals surface area contributed by atoms with Gasteiger partial charge in [0.2, 0.25) is 10.0 Å². The Morgan fingerprint density at radius 3 is 2.60 bits per heavy atom. The normalized spacial score (nSPS) is 11.1. The van der Waals surface area contributed by atoms with Gasteiger partial charge in [-0.1, -0.05) is 0 Å². The van der Waals surface area contributed by atoms with Gasteiger partial charge in [0, 0.05) is 13.0 Å². The molecular weight excluding hydrogens is 292 g/mol. The fourth-order valence-corrected chi connectivity index (χ4v) is 2.54. The SMILES string of the molecule is C#CCCCNS(=O)(=O)c1cc(C(=O)O)cc(F)c1F. The molecule has 0 atom stereocenters. The molecule has 0 saturated carbocycles. The number of carboxylic acid groups (broad SMARTS) is 1. The lowest BCUT2D eigenvalue weighted by atomic mass is 10.2. The van der Waals surface area contributed by atoms with Crippen molar-refractivity contribution in [1.29, 1.82) is 0 Å². The third kappa shape index (κ3) is 3.76. The second kappa shape index (κ2) is 6.45. The van der Waals surface area contributed by atoms with E-state index in [4.69, 9.17) is 11.5 Å². The average Bonchev–Trinajstić information content (AvgIpc) is 2.37. The topological polar surface area (TPSA) is 83.5 Å². The summed E-state index contributed by atoms with van der Waals surface area (Å²) in [5, 5.41) is 8.71. The molecular formula is C12H11F2NO4S. The predicted molar refractivity (Wildman–Crippen MR) is 66.6 cm³/mol. The van der Waals surface area contributed by atoms with Gasteiger partial charge in [-0.25, -0.2) is 26.7 Å². The number of nitrogens with one attached hydrogen (secondary N) is 1. The Morgan fingerprint density at radius 1 is 1.40 bits per heavy atom. The van der Waals surface area contributed by atoms with Gasteiger partial charge in [0.1, 0.15) is 4.90 Å². The molecule has 0 saturated heterocycles. The van der Waals surface area contributed by atoms with E-state index < -0.39 is 38.1 Å². The van der Waals surface area contributed by atoms with E-state index in [0.29, 0.717) is 25.0 Å². The van der Waals surface area contributed by atoms with Crippen LogP contribution in [0.2, 0.25) is 0 Å². The maximum Gasteiger partial charge on any atom is 0.335 e. The van der Waals surface area contributed by atoms with E-state index in [-0.39, 0.29) is 6.54 Å². The van der Waals surface area contributed by atoms with E-state index in [0.717, 1.165) is 0 Å². The predicted octanol–water partition coefficient (Wildman–Crippen LogP) is 1.35. The fraction of sp³-hybridized carbons (Fsp3) is 0.250. The molecule has 1 rings (SSSR count). The second-order valence-electron chi connectivity index (χ2n) is 3.78. The highest BCUT2D eigenvalue weighted by atomic mass is 32.2. The van der Waals surface area contributed by atoms with Crippen LogP contribution >= 0.6 is 0 Å². The van der Waals surface area contributed by atoms with Crippen LogP contribution in [0.15, 0.2) is 17.0 Å². The zero-order chi connectivity index (χ0) is 15.3. The molecule has 1 aromatic rings. The minimum atomic E-state index is -4.35. The van der Waals surface area contributed by atoms with E-state index in [9.17, 15) is 22.0 Å². The Labute approximate surface area is 114 Å². The van der Waals surface area contributed by atoms with Gasteiger partial charge in [0.05, 0.1) is 5.56 Å². The van der Waals surface area contributed by atoms with Crippen molar-refractivity contribution in [3.05, 3.63) is 29.3 Å². The van der Waals surface area contributed by atoms with Crippen molar-refractivity contribution >= 4 is 16.0 Å². The summed E-state index contributed by atoms with van der Waals surface area (Å²) < 4.78 is 52.3. The summed E-state index contributed by atoms with van der Waals surface area (Å²) in [6.45, 7) is -0.0646. The quantitative estimate of drug-likeness (QED) is 0.614. The van der Waals surface area contributed by atoms with Crippen LogP contribution in [0, 0.1) is 24.0 Å². The zero-order valence-electron chi connectivity index (χ0n) is 10.2. The van der Waals surface area contributed by atoms with Crippen molar-refractivity contribution in [2.24, 2.45) is 0 Å². The zero-order valence-corrected chi connectivity index (χ0v) is 11.0. The maximum atomic E-state index is 13.5. The smallest absolute Gasteiger partial charge is 0.335 e. The number of carboxylic acids is 1. The van der Waals surface area contributed by atoms with Crippen LogP contribution in [0.25, 0.3) is 0 Å². The van der Waals surface area contributed by atoms with Crippen molar-refractivity contribution < 1.29 is 27.1 Å². The first-order valence-electron chi connectivity index (χ1n) is 5.45. The summed E-state index contributed by atoms with van der Waals surface area (Å²) >= 11 is 0. The number of sulfonamides is 1. The molecule has 5 nitrogen and oxygen atoms in total. The van der Waals surface area contributed by atoms with E-state index in [2.05, 4.69) is 5.92 Å². The lowest BCUT2D eigenvalue weighted by molar-refractivity contribution is 0.0696. The van der Waals surface area contributed by atoms with E-state index >= 15 is 0 Å². The molecule has 0 heterocycles. The second-order valence-corrected chi connectivity index (χ2v) is 5.52. The number of carbonyl (C=O) groups is 1. The van der Waals surface area contributed by atoms with Crippen LogP contribution in [0.3, 0.4) is 0 Å². The summed E-state index contributed by atoms with van der Waals surface area (Å²) in [6, 6.07) is 0.972. The molecule has 0 unspecified atom stereocenters. The van der Waals surface area contributed by atoms with Crippen molar-refractivity contribution in [2.75, 3.05) is 6.54 Å². The minimum absolute atomic E-state index is 0.0646. The molecule has 8 heteroatoms. The summed E-state index contributed by atoms with van der Waals surface area (Å²) in [6.07, 6.45) is 5.62. The lowest BCUT2D eigenvalue weighted by Crippen LogP contribution is -2.26. The molecule has 0 fully saturated rings. The summed E-state index contributed by atoms with van der Waals surface area (Å²) in [7, 11) is -4.35. The van der Waals surface area contributed by atoms with Gasteiger partial charge < -0.3 is 5.11 Å². The van der Waals surface area contributed by atoms with Crippen LogP contribution < -0.4 is 4.72 Å². The fourth-order valence-electron chi connectivity index (χ4n) is 1.36. The molecule has 20 heavy (non-hydrogen) atoms. The van der Waals surface area contributed by atoms with Gasteiger partial charge in [0.15, 0.2) is 11.6 Å². The van der Waals surface area contributed by atoms with Gasteiger partial charge in [-0.3, -0.25) is 0 Å². The Kier molecular flexibility index (Phi) is 5.19. The molecule has 0 amide bonds. The number of terminal acetylenes is 1. The number of rotatable bonds is 6. The van der Waals surface area contributed by atoms with Gasteiger partial charge in [-0.15, -0.1) is 12.3 Å².